The number of hydrogen-bond acceptors (Lipinski definition) is 7. The highest BCUT2D eigenvalue weighted by molar-refractivity contribution is 5.46. The molecule has 0 spiro atoms. The van der Waals surface area contributed by atoms with Gasteiger partial charge in [-0.25, -0.2) is 0 Å². The van der Waals surface area contributed by atoms with Gasteiger partial charge in [-0.3, -0.25) is 4.98 Å². The van der Waals surface area contributed by atoms with Gasteiger partial charge in [-0.1, -0.05) is 11.2 Å². The van der Waals surface area contributed by atoms with E-state index >= 15 is 0 Å². The molecule has 1 aliphatic heterocycles. The molecular weight excluding hydrogens is 272 g/mol. The number of methoxy groups -OCH3 is 1. The topological polar surface area (TPSA) is 96.3 Å². The third-order valence-electron chi connectivity index (χ3n) is 3.80. The first-order valence-electron chi connectivity index (χ1n) is 6.90. The van der Waals surface area contributed by atoms with Gasteiger partial charge in [-0.2, -0.15) is 4.98 Å². The van der Waals surface area contributed by atoms with Crippen LogP contribution in [0.5, 0.6) is 0 Å². The van der Waals surface area contributed by atoms with Crippen molar-refractivity contribution in [3.8, 4) is 11.6 Å². The zero-order valence-electron chi connectivity index (χ0n) is 11.9. The van der Waals surface area contributed by atoms with Crippen LogP contribution in [-0.2, 0) is 21.6 Å². The second kappa shape index (κ2) is 5.88. The van der Waals surface area contributed by atoms with Crippen LogP contribution < -0.4 is 5.73 Å². The Labute approximate surface area is 122 Å². The van der Waals surface area contributed by atoms with Crippen LogP contribution in [0.2, 0.25) is 0 Å². The van der Waals surface area contributed by atoms with Gasteiger partial charge in [0, 0.05) is 45.9 Å². The van der Waals surface area contributed by atoms with E-state index in [1.165, 1.54) is 0 Å². The molecule has 0 amide bonds. The van der Waals surface area contributed by atoms with Gasteiger partial charge in [0.2, 0.25) is 5.82 Å². The lowest BCUT2D eigenvalue weighted by atomic mass is 9.93. The van der Waals surface area contributed by atoms with E-state index < -0.39 is 5.60 Å². The van der Waals surface area contributed by atoms with E-state index in [0.29, 0.717) is 50.0 Å². The molecule has 0 radical (unpaired) electrons. The number of pyridine rings is 1. The molecule has 0 aliphatic carbocycles. The number of aromatic nitrogens is 3. The van der Waals surface area contributed by atoms with Gasteiger partial charge in [0.25, 0.3) is 5.89 Å². The lowest BCUT2D eigenvalue weighted by Gasteiger charge is -2.32. The number of ether oxygens (including phenoxy) is 2. The average molecular weight is 290 g/mol. The molecule has 0 unspecified atom stereocenters. The van der Waals surface area contributed by atoms with Crippen molar-refractivity contribution in [2.75, 3.05) is 20.3 Å². The molecule has 112 valence electrons. The van der Waals surface area contributed by atoms with Gasteiger partial charge in [0.15, 0.2) is 0 Å². The van der Waals surface area contributed by atoms with E-state index in [1.807, 2.05) is 12.1 Å². The molecule has 3 rings (SSSR count). The molecular formula is C14H18N4O3. The minimum Gasteiger partial charge on any atom is -0.381 e. The molecule has 1 saturated heterocycles. The Bertz CT molecular complexity index is 591. The summed E-state index contributed by atoms with van der Waals surface area (Å²) in [7, 11) is 1.66. The molecule has 2 N–H and O–H groups in total. The van der Waals surface area contributed by atoms with Crippen molar-refractivity contribution in [1.29, 1.82) is 0 Å². The molecule has 3 heterocycles. The summed E-state index contributed by atoms with van der Waals surface area (Å²) >= 11 is 0. The monoisotopic (exact) mass is 290 g/mol. The van der Waals surface area contributed by atoms with Crippen LogP contribution in [0.1, 0.15) is 24.2 Å². The van der Waals surface area contributed by atoms with Crippen molar-refractivity contribution in [3.05, 3.63) is 29.7 Å². The Hall–Kier alpha value is -1.83. The molecule has 0 atom stereocenters. The number of nitrogens with two attached hydrogens (primary N) is 1. The first kappa shape index (κ1) is 14.1. The van der Waals surface area contributed by atoms with E-state index in [1.54, 1.807) is 13.3 Å². The third kappa shape index (κ3) is 2.67. The first-order chi connectivity index (χ1) is 10.3. The second-order valence-electron chi connectivity index (χ2n) is 4.99. The molecule has 2 aromatic rings. The van der Waals surface area contributed by atoms with Crippen LogP contribution in [0.15, 0.2) is 22.9 Å². The van der Waals surface area contributed by atoms with Gasteiger partial charge >= 0.3 is 0 Å². The fourth-order valence-electron chi connectivity index (χ4n) is 2.40. The average Bonchev–Trinajstić information content (AvgIpc) is 3.06. The molecule has 1 aliphatic rings. The Balaban J connectivity index is 1.87. The standard InChI is InChI=1S/C14H18N4O3/c1-19-14(4-6-20-7-5-14)13-17-12(21-18-13)11-3-2-10(8-15)9-16-11/h2-3,9H,4-8,15H2,1H3. The molecule has 0 bridgehead atoms. The highest BCUT2D eigenvalue weighted by atomic mass is 16.5. The van der Waals surface area contributed by atoms with Gasteiger partial charge < -0.3 is 19.7 Å². The van der Waals surface area contributed by atoms with Crippen LogP contribution in [0.25, 0.3) is 11.6 Å². The summed E-state index contributed by atoms with van der Waals surface area (Å²) in [5, 5.41) is 4.07. The smallest absolute Gasteiger partial charge is 0.276 e. The molecule has 21 heavy (non-hydrogen) atoms. The fourth-order valence-corrected chi connectivity index (χ4v) is 2.40. The SMILES string of the molecule is COC1(c2noc(-c3ccc(CN)cn3)n2)CCOCC1. The summed E-state index contributed by atoms with van der Waals surface area (Å²) < 4.78 is 16.4. The Morgan fingerprint density at radius 3 is 2.76 bits per heavy atom. The Kier molecular flexibility index (Phi) is 3.96. The lowest BCUT2D eigenvalue weighted by molar-refractivity contribution is -0.101. The van der Waals surface area contributed by atoms with Crippen molar-refractivity contribution in [3.63, 3.8) is 0 Å². The maximum atomic E-state index is 5.65. The summed E-state index contributed by atoms with van der Waals surface area (Å²) in [4.78, 5) is 8.74. The summed E-state index contributed by atoms with van der Waals surface area (Å²) in [5.41, 5.74) is 6.61. The second-order valence-corrected chi connectivity index (χ2v) is 4.99. The number of nitrogens with zero attached hydrogens (tertiary/aromatic N) is 3. The van der Waals surface area contributed by atoms with E-state index in [2.05, 4.69) is 15.1 Å². The van der Waals surface area contributed by atoms with Crippen molar-refractivity contribution in [2.45, 2.75) is 25.0 Å². The van der Waals surface area contributed by atoms with Crippen molar-refractivity contribution in [1.82, 2.24) is 15.1 Å². The van der Waals surface area contributed by atoms with Gasteiger partial charge in [0.05, 0.1) is 0 Å². The Morgan fingerprint density at radius 1 is 1.33 bits per heavy atom. The fraction of sp³-hybridized carbons (Fsp3) is 0.500. The molecule has 7 heteroatoms. The van der Waals surface area contributed by atoms with Crippen molar-refractivity contribution >= 4 is 0 Å². The predicted molar refractivity (Wildman–Crippen MR) is 74.2 cm³/mol. The highest BCUT2D eigenvalue weighted by Gasteiger charge is 2.39. The van der Waals surface area contributed by atoms with Crippen LogP contribution in [0, 0.1) is 0 Å². The molecule has 1 fully saturated rings. The summed E-state index contributed by atoms with van der Waals surface area (Å²) in [6, 6.07) is 3.72. The van der Waals surface area contributed by atoms with Crippen molar-refractivity contribution in [2.24, 2.45) is 5.73 Å². The van der Waals surface area contributed by atoms with Crippen LogP contribution >= 0.6 is 0 Å². The van der Waals surface area contributed by atoms with Crippen LogP contribution in [0.3, 0.4) is 0 Å². The minimum atomic E-state index is -0.531. The minimum absolute atomic E-state index is 0.386. The summed E-state index contributed by atoms with van der Waals surface area (Å²) in [6.07, 6.45) is 3.13. The molecule has 0 saturated carbocycles. The van der Waals surface area contributed by atoms with Crippen LogP contribution in [-0.4, -0.2) is 35.4 Å². The van der Waals surface area contributed by atoms with E-state index in [0.717, 1.165) is 5.56 Å². The van der Waals surface area contributed by atoms with Gasteiger partial charge in [-0.05, 0) is 11.6 Å². The Morgan fingerprint density at radius 2 is 2.14 bits per heavy atom. The number of rotatable bonds is 4. The third-order valence-corrected chi connectivity index (χ3v) is 3.80. The quantitative estimate of drug-likeness (QED) is 0.904. The molecule has 7 nitrogen and oxygen atoms in total. The molecule has 2 aromatic heterocycles. The van der Waals surface area contributed by atoms with Gasteiger partial charge in [-0.15, -0.1) is 0 Å². The van der Waals surface area contributed by atoms with Crippen LogP contribution in [0.4, 0.5) is 0 Å². The zero-order chi connectivity index (χ0) is 14.7. The summed E-state index contributed by atoms with van der Waals surface area (Å²) in [6.45, 7) is 1.71. The first-order valence-corrected chi connectivity index (χ1v) is 6.90. The van der Waals surface area contributed by atoms with Gasteiger partial charge in [0.1, 0.15) is 11.3 Å². The highest BCUT2D eigenvalue weighted by Crippen LogP contribution is 2.34. The number of hydrogen-bond donors (Lipinski definition) is 1. The lowest BCUT2D eigenvalue weighted by Crippen LogP contribution is -2.36. The predicted octanol–water partition coefficient (Wildman–Crippen LogP) is 1.24. The largest absolute Gasteiger partial charge is 0.381 e. The maximum Gasteiger partial charge on any atom is 0.276 e. The summed E-state index contributed by atoms with van der Waals surface area (Å²) in [5.74, 6) is 0.935. The zero-order valence-corrected chi connectivity index (χ0v) is 11.9. The molecule has 0 aromatic carbocycles. The van der Waals surface area contributed by atoms with Crippen molar-refractivity contribution < 1.29 is 14.0 Å². The normalized spacial score (nSPS) is 17.8. The van der Waals surface area contributed by atoms with E-state index in [-0.39, 0.29) is 0 Å². The van der Waals surface area contributed by atoms with E-state index in [4.69, 9.17) is 19.7 Å². The van der Waals surface area contributed by atoms with E-state index in [9.17, 15) is 0 Å². The maximum absolute atomic E-state index is 5.65.